The first-order chi connectivity index (χ1) is 15.5. The number of hydrogen-bond acceptors (Lipinski definition) is 6. The van der Waals surface area contributed by atoms with Crippen LogP contribution in [0.2, 0.25) is 0 Å². The normalized spacial score (nSPS) is 12.5. The summed E-state index contributed by atoms with van der Waals surface area (Å²) in [5.41, 5.74) is 1.97. The standard InChI is InChI=1S/C24H28N4O3S/c1-4-16(2)25-22(29)19(14-17-10-6-5-7-11-17)26-23(30)20-15-32-24(28-20)27-18-12-8-9-13-21(18)31-3/h5-13,15-16,19H,4,14H2,1-3H3,(H,25,29)(H,26,30)(H,27,28). The van der Waals surface area contributed by atoms with E-state index < -0.39 is 11.9 Å². The summed E-state index contributed by atoms with van der Waals surface area (Å²) in [5.74, 6) is 0.0760. The Labute approximate surface area is 192 Å². The fourth-order valence-corrected chi connectivity index (χ4v) is 3.74. The van der Waals surface area contributed by atoms with Gasteiger partial charge in [-0.25, -0.2) is 4.98 Å². The van der Waals surface area contributed by atoms with Crippen molar-refractivity contribution in [3.63, 3.8) is 0 Å². The smallest absolute Gasteiger partial charge is 0.271 e. The molecule has 0 radical (unpaired) electrons. The van der Waals surface area contributed by atoms with Crippen LogP contribution in [0.4, 0.5) is 10.8 Å². The van der Waals surface area contributed by atoms with Crippen molar-refractivity contribution < 1.29 is 14.3 Å². The lowest BCUT2D eigenvalue weighted by atomic mass is 10.0. The van der Waals surface area contributed by atoms with Crippen LogP contribution in [0, 0.1) is 0 Å². The van der Waals surface area contributed by atoms with Crippen LogP contribution in [-0.4, -0.2) is 36.0 Å². The second kappa shape index (κ2) is 11.3. The molecule has 2 unspecified atom stereocenters. The predicted octanol–water partition coefficient (Wildman–Crippen LogP) is 4.15. The average Bonchev–Trinajstić information content (AvgIpc) is 3.28. The highest BCUT2D eigenvalue weighted by molar-refractivity contribution is 7.14. The van der Waals surface area contributed by atoms with E-state index in [1.165, 1.54) is 11.3 Å². The fraction of sp³-hybridized carbons (Fsp3) is 0.292. The van der Waals surface area contributed by atoms with Crippen molar-refractivity contribution in [3.8, 4) is 5.75 Å². The molecule has 1 aromatic heterocycles. The van der Waals surface area contributed by atoms with Gasteiger partial charge in [0.2, 0.25) is 5.91 Å². The van der Waals surface area contributed by atoms with E-state index in [9.17, 15) is 9.59 Å². The quantitative estimate of drug-likeness (QED) is 0.430. The summed E-state index contributed by atoms with van der Waals surface area (Å²) in [6.45, 7) is 3.94. The molecule has 0 saturated carbocycles. The number of carbonyl (C=O) groups is 2. The van der Waals surface area contributed by atoms with Gasteiger partial charge in [-0.3, -0.25) is 9.59 Å². The minimum atomic E-state index is -0.703. The second-order valence-corrected chi connectivity index (χ2v) is 8.25. The summed E-state index contributed by atoms with van der Waals surface area (Å²) in [6, 6.07) is 16.4. The molecule has 0 aliphatic carbocycles. The van der Waals surface area contributed by atoms with Crippen LogP contribution in [0.25, 0.3) is 0 Å². The zero-order valence-electron chi connectivity index (χ0n) is 18.4. The van der Waals surface area contributed by atoms with Gasteiger partial charge in [-0.15, -0.1) is 11.3 Å². The molecule has 0 aliphatic heterocycles. The van der Waals surface area contributed by atoms with Crippen LogP contribution in [0.3, 0.4) is 0 Å². The lowest BCUT2D eigenvalue weighted by Crippen LogP contribution is -2.50. The van der Waals surface area contributed by atoms with E-state index in [0.717, 1.165) is 17.7 Å². The van der Waals surface area contributed by atoms with Gasteiger partial charge in [-0.1, -0.05) is 49.4 Å². The van der Waals surface area contributed by atoms with Crippen LogP contribution >= 0.6 is 11.3 Å². The summed E-state index contributed by atoms with van der Waals surface area (Å²) in [5, 5.41) is 11.2. The molecule has 3 N–H and O–H groups in total. The molecule has 0 aliphatic rings. The van der Waals surface area contributed by atoms with Gasteiger partial charge in [-0.2, -0.15) is 0 Å². The molecule has 2 aromatic carbocycles. The Hall–Kier alpha value is -3.39. The summed E-state index contributed by atoms with van der Waals surface area (Å²) < 4.78 is 5.34. The summed E-state index contributed by atoms with van der Waals surface area (Å²) in [6.07, 6.45) is 1.20. The highest BCUT2D eigenvalue weighted by atomic mass is 32.1. The molecule has 3 rings (SSSR count). The van der Waals surface area contributed by atoms with Crippen molar-refractivity contribution in [2.24, 2.45) is 0 Å². The third-order valence-electron chi connectivity index (χ3n) is 4.99. The Bertz CT molecular complexity index is 1040. The number of rotatable bonds is 10. The predicted molar refractivity (Wildman–Crippen MR) is 128 cm³/mol. The molecular formula is C24H28N4O3S. The molecule has 0 saturated heterocycles. The molecule has 2 amide bonds. The molecular weight excluding hydrogens is 424 g/mol. The first kappa shape index (κ1) is 23.3. The molecule has 7 nitrogen and oxygen atoms in total. The second-order valence-electron chi connectivity index (χ2n) is 7.40. The van der Waals surface area contributed by atoms with Crippen molar-refractivity contribution in [3.05, 3.63) is 71.2 Å². The van der Waals surface area contributed by atoms with Crippen molar-refractivity contribution in [1.82, 2.24) is 15.6 Å². The number of amides is 2. The number of aromatic nitrogens is 1. The number of nitrogens with zero attached hydrogens (tertiary/aromatic N) is 1. The van der Waals surface area contributed by atoms with Gasteiger partial charge in [0, 0.05) is 17.8 Å². The zero-order valence-corrected chi connectivity index (χ0v) is 19.2. The Morgan fingerprint density at radius 3 is 2.50 bits per heavy atom. The Morgan fingerprint density at radius 2 is 1.78 bits per heavy atom. The Balaban J connectivity index is 1.72. The van der Waals surface area contributed by atoms with Crippen LogP contribution in [0.5, 0.6) is 5.75 Å². The maximum Gasteiger partial charge on any atom is 0.271 e. The summed E-state index contributed by atoms with van der Waals surface area (Å²) in [4.78, 5) is 30.1. The van der Waals surface area contributed by atoms with Gasteiger partial charge in [-0.05, 0) is 31.0 Å². The van der Waals surface area contributed by atoms with Crippen molar-refractivity contribution >= 4 is 34.0 Å². The van der Waals surface area contributed by atoms with E-state index in [1.54, 1.807) is 12.5 Å². The van der Waals surface area contributed by atoms with Crippen molar-refractivity contribution in [2.45, 2.75) is 38.8 Å². The highest BCUT2D eigenvalue weighted by Crippen LogP contribution is 2.28. The van der Waals surface area contributed by atoms with Crippen LogP contribution in [0.1, 0.15) is 36.3 Å². The molecule has 0 spiro atoms. The molecule has 32 heavy (non-hydrogen) atoms. The van der Waals surface area contributed by atoms with Gasteiger partial charge in [0.25, 0.3) is 5.91 Å². The number of ether oxygens (including phenoxy) is 1. The Kier molecular flexibility index (Phi) is 8.21. The van der Waals surface area contributed by atoms with E-state index in [1.807, 2.05) is 68.4 Å². The van der Waals surface area contributed by atoms with Gasteiger partial charge in [0.05, 0.1) is 12.8 Å². The molecule has 3 aromatic rings. The maximum atomic E-state index is 12.9. The molecule has 168 valence electrons. The number of hydrogen-bond donors (Lipinski definition) is 3. The van der Waals surface area contributed by atoms with E-state index in [4.69, 9.17) is 4.74 Å². The largest absolute Gasteiger partial charge is 0.495 e. The average molecular weight is 453 g/mol. The minimum Gasteiger partial charge on any atom is -0.495 e. The maximum absolute atomic E-state index is 12.9. The number of carbonyl (C=O) groups excluding carboxylic acids is 2. The van der Waals surface area contributed by atoms with Gasteiger partial charge in [0.1, 0.15) is 17.5 Å². The highest BCUT2D eigenvalue weighted by Gasteiger charge is 2.24. The number of para-hydroxylation sites is 2. The van der Waals surface area contributed by atoms with Crippen LogP contribution in [-0.2, 0) is 11.2 Å². The van der Waals surface area contributed by atoms with Gasteiger partial charge < -0.3 is 20.7 Å². The first-order valence-electron chi connectivity index (χ1n) is 10.5. The molecule has 2 atom stereocenters. The topological polar surface area (TPSA) is 92.4 Å². The molecule has 1 heterocycles. The number of nitrogens with one attached hydrogen (secondary N) is 3. The SMILES string of the molecule is CCC(C)NC(=O)C(Cc1ccccc1)NC(=O)c1csc(Nc2ccccc2OC)n1. The first-order valence-corrected chi connectivity index (χ1v) is 11.4. The fourth-order valence-electron chi connectivity index (χ4n) is 3.04. The summed E-state index contributed by atoms with van der Waals surface area (Å²) >= 11 is 1.31. The van der Waals surface area contributed by atoms with Crippen LogP contribution in [0.15, 0.2) is 60.0 Å². The van der Waals surface area contributed by atoms with Crippen molar-refractivity contribution in [1.29, 1.82) is 0 Å². The number of thiazole rings is 1. The monoisotopic (exact) mass is 452 g/mol. The minimum absolute atomic E-state index is 0.0219. The lowest BCUT2D eigenvalue weighted by Gasteiger charge is -2.20. The lowest BCUT2D eigenvalue weighted by molar-refractivity contribution is -0.123. The molecule has 8 heteroatoms. The number of benzene rings is 2. The molecule has 0 fully saturated rings. The third kappa shape index (κ3) is 6.31. The van der Waals surface area contributed by atoms with Gasteiger partial charge in [0.15, 0.2) is 5.13 Å². The van der Waals surface area contributed by atoms with E-state index in [0.29, 0.717) is 17.3 Å². The van der Waals surface area contributed by atoms with Gasteiger partial charge >= 0.3 is 0 Å². The Morgan fingerprint density at radius 1 is 1.06 bits per heavy atom. The molecule has 0 bridgehead atoms. The van der Waals surface area contributed by atoms with Crippen molar-refractivity contribution in [2.75, 3.05) is 12.4 Å². The summed E-state index contributed by atoms with van der Waals surface area (Å²) in [7, 11) is 1.60. The number of methoxy groups -OCH3 is 1. The van der Waals surface area contributed by atoms with Crippen LogP contribution < -0.4 is 20.7 Å². The van der Waals surface area contributed by atoms with E-state index in [2.05, 4.69) is 20.9 Å². The third-order valence-corrected chi connectivity index (χ3v) is 5.75. The van der Waals surface area contributed by atoms with E-state index in [-0.39, 0.29) is 17.6 Å². The van der Waals surface area contributed by atoms with E-state index >= 15 is 0 Å². The zero-order chi connectivity index (χ0) is 22.9. The number of anilines is 2.